The SMILES string of the molecule is COc1cccc(CCc2cc(OC)cc(Oc3cc(CCc4cc(OC)c5c(c4)OCO5)cc(Oc4cc(CCc5cccc(OC)c5)cc(OC)c4)c3)c2)c1. The van der Waals surface area contributed by atoms with Crippen molar-refractivity contribution in [3.63, 3.8) is 0 Å². The number of methoxy groups -OCH3 is 5. The fourth-order valence-electron chi connectivity index (χ4n) is 6.92. The number of fused-ring (bicyclic) bond motifs is 1. The number of aryl methyl sites for hydroxylation is 6. The van der Waals surface area contributed by atoms with Crippen molar-refractivity contribution in [2.75, 3.05) is 42.3 Å². The first-order valence-electron chi connectivity index (χ1n) is 19.0. The Hall–Kier alpha value is -6.48. The van der Waals surface area contributed by atoms with E-state index in [-0.39, 0.29) is 6.79 Å². The molecule has 0 bridgehead atoms. The van der Waals surface area contributed by atoms with E-state index in [9.17, 15) is 0 Å². The summed E-state index contributed by atoms with van der Waals surface area (Å²) in [7, 11) is 8.34. The summed E-state index contributed by atoms with van der Waals surface area (Å²) in [5.41, 5.74) is 6.66. The van der Waals surface area contributed by atoms with Gasteiger partial charge in [0.2, 0.25) is 12.5 Å². The molecule has 0 aliphatic carbocycles. The van der Waals surface area contributed by atoms with E-state index in [2.05, 4.69) is 48.5 Å². The summed E-state index contributed by atoms with van der Waals surface area (Å²) >= 11 is 0. The van der Waals surface area contributed by atoms with E-state index >= 15 is 0 Å². The van der Waals surface area contributed by atoms with Crippen LogP contribution < -0.4 is 42.6 Å². The van der Waals surface area contributed by atoms with Gasteiger partial charge < -0.3 is 42.6 Å². The Morgan fingerprint density at radius 3 is 1.19 bits per heavy atom. The van der Waals surface area contributed by atoms with Crippen LogP contribution in [0.2, 0.25) is 0 Å². The van der Waals surface area contributed by atoms with Gasteiger partial charge in [-0.2, -0.15) is 0 Å². The van der Waals surface area contributed by atoms with Crippen molar-refractivity contribution in [3.05, 3.63) is 149 Å². The third-order valence-electron chi connectivity index (χ3n) is 9.86. The molecule has 0 unspecified atom stereocenters. The van der Waals surface area contributed by atoms with Gasteiger partial charge in [0.05, 0.1) is 35.5 Å². The quantitative estimate of drug-likeness (QED) is 0.0849. The summed E-state index contributed by atoms with van der Waals surface area (Å²) in [5.74, 6) is 7.71. The predicted octanol–water partition coefficient (Wildman–Crippen LogP) is 10.4. The largest absolute Gasteiger partial charge is 0.497 e. The molecule has 0 aromatic heterocycles. The van der Waals surface area contributed by atoms with Crippen LogP contribution in [0.15, 0.2) is 115 Å². The van der Waals surface area contributed by atoms with E-state index in [1.54, 1.807) is 35.5 Å². The second-order valence-corrected chi connectivity index (χ2v) is 13.8. The molecule has 0 fully saturated rings. The van der Waals surface area contributed by atoms with Gasteiger partial charge in [0.1, 0.15) is 46.0 Å². The van der Waals surface area contributed by atoms with Gasteiger partial charge in [-0.25, -0.2) is 0 Å². The highest BCUT2D eigenvalue weighted by atomic mass is 16.7. The summed E-state index contributed by atoms with van der Waals surface area (Å²) in [6.07, 6.45) is 4.68. The molecule has 0 atom stereocenters. The fourth-order valence-corrected chi connectivity index (χ4v) is 6.92. The second kappa shape index (κ2) is 18.4. The zero-order valence-electron chi connectivity index (χ0n) is 33.1. The summed E-state index contributed by atoms with van der Waals surface area (Å²) in [6.45, 7) is 0.176. The van der Waals surface area contributed by atoms with E-state index in [1.165, 1.54) is 11.1 Å². The molecule has 9 heteroatoms. The molecular weight excluding hydrogens is 721 g/mol. The van der Waals surface area contributed by atoms with Gasteiger partial charge in [-0.05, 0) is 145 Å². The molecule has 0 saturated carbocycles. The second-order valence-electron chi connectivity index (χ2n) is 13.8. The van der Waals surface area contributed by atoms with E-state index in [0.29, 0.717) is 46.7 Å². The molecule has 0 N–H and O–H groups in total. The topological polar surface area (TPSA) is 83.1 Å². The highest BCUT2D eigenvalue weighted by Gasteiger charge is 2.20. The van der Waals surface area contributed by atoms with Crippen LogP contribution in [0.4, 0.5) is 0 Å². The zero-order chi connectivity index (χ0) is 39.6. The highest BCUT2D eigenvalue weighted by Crippen LogP contribution is 2.42. The average Bonchev–Trinajstić information content (AvgIpc) is 3.73. The normalized spacial score (nSPS) is 11.5. The lowest BCUT2D eigenvalue weighted by Crippen LogP contribution is -1.98. The lowest BCUT2D eigenvalue weighted by atomic mass is 10.0. The number of benzene rings is 6. The minimum absolute atomic E-state index is 0.176. The van der Waals surface area contributed by atoms with Gasteiger partial charge >= 0.3 is 0 Å². The molecule has 0 amide bonds. The van der Waals surface area contributed by atoms with Gasteiger partial charge in [0, 0.05) is 18.2 Å². The summed E-state index contributed by atoms with van der Waals surface area (Å²) < 4.78 is 52.4. The van der Waals surface area contributed by atoms with Crippen molar-refractivity contribution in [2.45, 2.75) is 38.5 Å². The van der Waals surface area contributed by atoms with Crippen molar-refractivity contribution < 1.29 is 42.6 Å². The van der Waals surface area contributed by atoms with Crippen LogP contribution in [-0.2, 0) is 38.5 Å². The maximum atomic E-state index is 6.62. The van der Waals surface area contributed by atoms with Crippen LogP contribution in [-0.4, -0.2) is 42.3 Å². The van der Waals surface area contributed by atoms with Crippen LogP contribution >= 0.6 is 0 Å². The number of rotatable bonds is 18. The zero-order valence-corrected chi connectivity index (χ0v) is 33.1. The van der Waals surface area contributed by atoms with Crippen LogP contribution in [0.1, 0.15) is 33.4 Å². The van der Waals surface area contributed by atoms with Gasteiger partial charge in [-0.15, -0.1) is 0 Å². The van der Waals surface area contributed by atoms with E-state index < -0.39 is 0 Å². The standard InChI is InChI=1S/C48H48O9/c1-49-38-10-6-8-32(18-38)12-14-34-20-40(51-3)28-42(22-34)56-44-24-36(16-17-37-26-46(53-5)48-47(27-37)54-31-55-48)25-45(30-44)57-43-23-35(21-41(29-43)52-4)15-13-33-9-7-11-39(19-33)50-2/h6-11,18-30H,12-17,31H2,1-5H3. The molecule has 57 heavy (non-hydrogen) atoms. The molecule has 6 aromatic carbocycles. The molecule has 0 spiro atoms. The average molecular weight is 769 g/mol. The maximum Gasteiger partial charge on any atom is 0.231 e. The van der Waals surface area contributed by atoms with Gasteiger partial charge in [0.25, 0.3) is 0 Å². The van der Waals surface area contributed by atoms with Crippen LogP contribution in [0, 0.1) is 0 Å². The van der Waals surface area contributed by atoms with Crippen molar-refractivity contribution >= 4 is 0 Å². The van der Waals surface area contributed by atoms with E-state index in [4.69, 9.17) is 42.6 Å². The van der Waals surface area contributed by atoms with E-state index in [0.717, 1.165) is 77.4 Å². The van der Waals surface area contributed by atoms with Gasteiger partial charge in [-0.3, -0.25) is 0 Å². The maximum absolute atomic E-state index is 6.62. The van der Waals surface area contributed by atoms with E-state index in [1.807, 2.05) is 66.7 Å². The summed E-state index contributed by atoms with van der Waals surface area (Å²) in [5, 5.41) is 0. The van der Waals surface area contributed by atoms with Crippen molar-refractivity contribution in [1.29, 1.82) is 0 Å². The van der Waals surface area contributed by atoms with Crippen molar-refractivity contribution in [3.8, 4) is 63.2 Å². The third-order valence-corrected chi connectivity index (χ3v) is 9.86. The molecule has 9 nitrogen and oxygen atoms in total. The Balaban J connectivity index is 1.16. The Kier molecular flexibility index (Phi) is 12.5. The first-order chi connectivity index (χ1) is 27.9. The highest BCUT2D eigenvalue weighted by molar-refractivity contribution is 5.55. The first kappa shape index (κ1) is 38.8. The first-order valence-corrected chi connectivity index (χ1v) is 19.0. The smallest absolute Gasteiger partial charge is 0.231 e. The molecular formula is C48H48O9. The molecule has 294 valence electrons. The predicted molar refractivity (Wildman–Crippen MR) is 220 cm³/mol. The van der Waals surface area contributed by atoms with Crippen LogP contribution in [0.25, 0.3) is 0 Å². The Labute approximate surface area is 334 Å². The van der Waals surface area contributed by atoms with Crippen molar-refractivity contribution in [1.82, 2.24) is 0 Å². The fraction of sp³-hybridized carbons (Fsp3) is 0.250. The number of hydrogen-bond acceptors (Lipinski definition) is 9. The molecule has 6 aromatic rings. The lowest BCUT2D eigenvalue weighted by molar-refractivity contribution is 0.171. The van der Waals surface area contributed by atoms with Gasteiger partial charge in [-0.1, -0.05) is 24.3 Å². The number of ether oxygens (including phenoxy) is 9. The minimum Gasteiger partial charge on any atom is -0.497 e. The summed E-state index contributed by atoms with van der Waals surface area (Å²) in [4.78, 5) is 0. The molecule has 0 saturated heterocycles. The Morgan fingerprint density at radius 2 is 0.754 bits per heavy atom. The third kappa shape index (κ3) is 10.2. The van der Waals surface area contributed by atoms with Crippen molar-refractivity contribution in [2.24, 2.45) is 0 Å². The van der Waals surface area contributed by atoms with Crippen LogP contribution in [0.3, 0.4) is 0 Å². The Morgan fingerprint density at radius 1 is 0.368 bits per heavy atom. The molecule has 0 radical (unpaired) electrons. The monoisotopic (exact) mass is 768 g/mol. The Bertz CT molecular complexity index is 2180. The molecule has 1 heterocycles. The van der Waals surface area contributed by atoms with Gasteiger partial charge in [0.15, 0.2) is 11.5 Å². The summed E-state index contributed by atoms with van der Waals surface area (Å²) in [6, 6.07) is 38.3. The molecule has 7 rings (SSSR count). The minimum atomic E-state index is 0.176. The number of hydrogen-bond donors (Lipinski definition) is 0. The molecule has 1 aliphatic heterocycles. The van der Waals surface area contributed by atoms with Crippen LogP contribution in [0.5, 0.6) is 63.2 Å². The lowest BCUT2D eigenvalue weighted by Gasteiger charge is -2.15. The molecule has 1 aliphatic rings.